The number of nitrogens with zero attached hydrogens (tertiary/aromatic N) is 3. The maximum absolute atomic E-state index is 14.3. The molecule has 5 rings (SSSR count). The summed E-state index contributed by atoms with van der Waals surface area (Å²) < 4.78 is 88.3. The number of benzene rings is 2. The minimum absolute atomic E-state index is 0.0757. The molecule has 1 aromatic heterocycles. The first-order valence-corrected chi connectivity index (χ1v) is 12.3. The van der Waals surface area contributed by atoms with E-state index in [-0.39, 0.29) is 28.7 Å². The number of ether oxygens (including phenoxy) is 1. The van der Waals surface area contributed by atoms with Crippen LogP contribution in [-0.2, 0) is 37.7 Å². The van der Waals surface area contributed by atoms with Gasteiger partial charge in [0.1, 0.15) is 31.0 Å². The van der Waals surface area contributed by atoms with E-state index in [0.717, 1.165) is 36.2 Å². The van der Waals surface area contributed by atoms with Crippen LogP contribution in [0.2, 0.25) is 0 Å². The fraction of sp³-hybridized carbons (Fsp3) is 0.286. The number of carbonyl (C=O) groups is 3. The van der Waals surface area contributed by atoms with Crippen molar-refractivity contribution in [2.24, 2.45) is 0 Å². The van der Waals surface area contributed by atoms with E-state index in [1.54, 1.807) is 0 Å². The largest absolute Gasteiger partial charge is 0.408 e. The number of pyridine rings is 1. The molecule has 41 heavy (non-hydrogen) atoms. The SMILES string of the molecule is C[C@H](N(Cc1ccc(F)cc1)C(=O)CN1CO[C@]2(C(=O)Cc3cc(-c4c(F)ccnc4F)ccc32)C1=O)C(F)(F)F. The van der Waals surface area contributed by atoms with Gasteiger partial charge in [-0.2, -0.15) is 17.6 Å². The van der Waals surface area contributed by atoms with Crippen LogP contribution in [0.15, 0.2) is 54.7 Å². The maximum atomic E-state index is 14.3. The van der Waals surface area contributed by atoms with Gasteiger partial charge in [0.25, 0.3) is 5.91 Å². The Labute approximate surface area is 229 Å². The Balaban J connectivity index is 1.40. The van der Waals surface area contributed by atoms with Crippen molar-refractivity contribution in [3.63, 3.8) is 0 Å². The number of halogens is 6. The topological polar surface area (TPSA) is 79.8 Å². The summed E-state index contributed by atoms with van der Waals surface area (Å²) in [4.78, 5) is 44.5. The van der Waals surface area contributed by atoms with Crippen LogP contribution in [0.5, 0.6) is 0 Å². The summed E-state index contributed by atoms with van der Waals surface area (Å²) in [6.07, 6.45) is -4.16. The van der Waals surface area contributed by atoms with Crippen LogP contribution in [0, 0.1) is 17.6 Å². The summed E-state index contributed by atoms with van der Waals surface area (Å²) in [5, 5.41) is 0. The molecule has 2 atom stereocenters. The van der Waals surface area contributed by atoms with E-state index in [9.17, 15) is 40.7 Å². The van der Waals surface area contributed by atoms with Crippen LogP contribution in [0.25, 0.3) is 11.1 Å². The molecule has 214 valence electrons. The lowest BCUT2D eigenvalue weighted by molar-refractivity contribution is -0.187. The summed E-state index contributed by atoms with van der Waals surface area (Å²) in [5.41, 5.74) is -1.88. The maximum Gasteiger partial charge on any atom is 0.408 e. The van der Waals surface area contributed by atoms with Gasteiger partial charge >= 0.3 is 6.18 Å². The second-order valence-electron chi connectivity index (χ2n) is 9.75. The molecule has 2 amide bonds. The van der Waals surface area contributed by atoms with Crippen LogP contribution < -0.4 is 0 Å². The fourth-order valence-electron chi connectivity index (χ4n) is 5.04. The van der Waals surface area contributed by atoms with Crippen molar-refractivity contribution in [3.8, 4) is 11.1 Å². The summed E-state index contributed by atoms with van der Waals surface area (Å²) in [5.74, 6) is -5.26. The van der Waals surface area contributed by atoms with Crippen LogP contribution in [-0.4, -0.2) is 57.9 Å². The highest BCUT2D eigenvalue weighted by molar-refractivity contribution is 6.15. The molecule has 0 unspecified atom stereocenters. The molecule has 2 aromatic carbocycles. The Kier molecular flexibility index (Phi) is 7.10. The Morgan fingerprint density at radius 2 is 1.80 bits per heavy atom. The van der Waals surface area contributed by atoms with Gasteiger partial charge in [-0.15, -0.1) is 0 Å². The summed E-state index contributed by atoms with van der Waals surface area (Å²) >= 11 is 0. The van der Waals surface area contributed by atoms with Gasteiger partial charge < -0.3 is 14.5 Å². The normalized spacial score (nSPS) is 19.1. The van der Waals surface area contributed by atoms with E-state index in [1.165, 1.54) is 30.3 Å². The zero-order valence-electron chi connectivity index (χ0n) is 21.3. The van der Waals surface area contributed by atoms with Crippen molar-refractivity contribution in [2.45, 2.75) is 37.7 Å². The van der Waals surface area contributed by atoms with Crippen molar-refractivity contribution >= 4 is 17.6 Å². The number of Topliss-reactive ketones (excluding diaryl/α,β-unsaturated/α-hetero) is 1. The molecule has 1 saturated heterocycles. The number of fused-ring (bicyclic) bond motifs is 2. The zero-order valence-corrected chi connectivity index (χ0v) is 21.3. The van der Waals surface area contributed by atoms with E-state index >= 15 is 0 Å². The second kappa shape index (κ2) is 10.3. The number of rotatable bonds is 6. The monoisotopic (exact) mass is 577 g/mol. The Morgan fingerprint density at radius 3 is 2.46 bits per heavy atom. The molecular weight excluding hydrogens is 556 g/mol. The molecule has 0 radical (unpaired) electrons. The van der Waals surface area contributed by atoms with Crippen molar-refractivity contribution in [2.75, 3.05) is 13.3 Å². The summed E-state index contributed by atoms with van der Waals surface area (Å²) in [7, 11) is 0. The Bertz CT molecular complexity index is 1520. The lowest BCUT2D eigenvalue weighted by atomic mass is 9.92. The predicted octanol–water partition coefficient (Wildman–Crippen LogP) is 4.28. The van der Waals surface area contributed by atoms with Gasteiger partial charge in [0.15, 0.2) is 5.78 Å². The minimum atomic E-state index is -4.80. The molecule has 7 nitrogen and oxygen atoms in total. The van der Waals surface area contributed by atoms with E-state index in [4.69, 9.17) is 4.74 Å². The van der Waals surface area contributed by atoms with Gasteiger partial charge in [-0.25, -0.2) is 13.8 Å². The third-order valence-electron chi connectivity index (χ3n) is 7.25. The Morgan fingerprint density at radius 1 is 1.10 bits per heavy atom. The first-order valence-electron chi connectivity index (χ1n) is 12.3. The van der Waals surface area contributed by atoms with E-state index in [2.05, 4.69) is 4.98 Å². The van der Waals surface area contributed by atoms with E-state index in [1.807, 2.05) is 0 Å². The third kappa shape index (κ3) is 4.94. The van der Waals surface area contributed by atoms with E-state index in [0.29, 0.717) is 4.90 Å². The highest BCUT2D eigenvalue weighted by atomic mass is 19.4. The van der Waals surface area contributed by atoms with Crippen molar-refractivity contribution < 1.29 is 45.5 Å². The smallest absolute Gasteiger partial charge is 0.332 e. The molecule has 3 aromatic rings. The zero-order chi connectivity index (χ0) is 29.7. The average Bonchev–Trinajstić information content (AvgIpc) is 3.38. The van der Waals surface area contributed by atoms with Crippen molar-refractivity contribution in [1.82, 2.24) is 14.8 Å². The molecule has 1 aliphatic heterocycles. The van der Waals surface area contributed by atoms with Gasteiger partial charge in [-0.05, 0) is 41.8 Å². The van der Waals surface area contributed by atoms with Gasteiger partial charge in [0, 0.05) is 24.7 Å². The molecule has 2 heterocycles. The van der Waals surface area contributed by atoms with Gasteiger partial charge in [0.05, 0.1) is 5.56 Å². The molecule has 2 aliphatic rings. The number of aromatic nitrogens is 1. The number of hydrogen-bond donors (Lipinski definition) is 0. The van der Waals surface area contributed by atoms with Gasteiger partial charge in [0.2, 0.25) is 17.5 Å². The number of hydrogen-bond acceptors (Lipinski definition) is 5. The number of ketones is 1. The lowest BCUT2D eigenvalue weighted by Gasteiger charge is -2.32. The summed E-state index contributed by atoms with van der Waals surface area (Å²) in [6, 6.07) is 7.24. The molecule has 0 bridgehead atoms. The minimum Gasteiger partial charge on any atom is -0.332 e. The van der Waals surface area contributed by atoms with Crippen molar-refractivity contribution in [3.05, 3.63) is 89.0 Å². The van der Waals surface area contributed by atoms with Crippen molar-refractivity contribution in [1.29, 1.82) is 0 Å². The molecular formula is C28H21F6N3O4. The second-order valence-corrected chi connectivity index (χ2v) is 9.75. The number of alkyl halides is 3. The molecule has 13 heteroatoms. The van der Waals surface area contributed by atoms with Crippen LogP contribution >= 0.6 is 0 Å². The Hall–Kier alpha value is -4.26. The quantitative estimate of drug-likeness (QED) is 0.248. The van der Waals surface area contributed by atoms with E-state index < -0.39 is 78.4 Å². The standard InChI is InChI=1S/C28H21F6N3O4/c1-15(28(32,33)34)37(12-16-2-5-19(29)6-3-16)23(39)13-36-14-41-27(26(36)40)20-7-4-17(10-18(20)11-22(27)38)24-21(30)8-9-35-25(24)31/h2-10,15H,11-14H2,1H3/t15-,27+/m0/s1. The lowest BCUT2D eigenvalue weighted by Crippen LogP contribution is -2.51. The third-order valence-corrected chi connectivity index (χ3v) is 7.25. The molecule has 1 spiro atoms. The average molecular weight is 577 g/mol. The number of carbonyl (C=O) groups excluding carboxylic acids is 3. The van der Waals surface area contributed by atoms with Gasteiger partial charge in [-0.3, -0.25) is 14.4 Å². The van der Waals surface area contributed by atoms with Gasteiger partial charge in [-0.1, -0.05) is 30.3 Å². The van der Waals surface area contributed by atoms with Crippen LogP contribution in [0.1, 0.15) is 23.6 Å². The summed E-state index contributed by atoms with van der Waals surface area (Å²) in [6.45, 7) is -1.11. The first-order chi connectivity index (χ1) is 19.3. The van der Waals surface area contributed by atoms with Crippen LogP contribution in [0.3, 0.4) is 0 Å². The van der Waals surface area contributed by atoms with Crippen LogP contribution in [0.4, 0.5) is 26.3 Å². The molecule has 0 saturated carbocycles. The molecule has 1 aliphatic carbocycles. The first kappa shape index (κ1) is 28.3. The highest BCUT2D eigenvalue weighted by Gasteiger charge is 2.59. The number of amides is 2. The predicted molar refractivity (Wildman–Crippen MR) is 130 cm³/mol. The highest BCUT2D eigenvalue weighted by Crippen LogP contribution is 2.44. The fourth-order valence-corrected chi connectivity index (χ4v) is 5.04. The molecule has 1 fully saturated rings. The molecule has 0 N–H and O–H groups in total.